The second-order valence-electron chi connectivity index (χ2n) is 4.75. The van der Waals surface area contributed by atoms with Gasteiger partial charge in [0.1, 0.15) is 11.6 Å². The molecule has 0 saturated carbocycles. The summed E-state index contributed by atoms with van der Waals surface area (Å²) in [5.41, 5.74) is 2.97. The van der Waals surface area contributed by atoms with Crippen molar-refractivity contribution in [1.82, 2.24) is 9.55 Å². The Labute approximate surface area is 136 Å². The average molecular weight is 366 g/mol. The molecule has 2 aromatic carbocycles. The molecule has 1 aromatic heterocycles. The van der Waals surface area contributed by atoms with E-state index in [0.29, 0.717) is 0 Å². The van der Waals surface area contributed by atoms with E-state index >= 15 is 0 Å². The molecule has 0 N–H and O–H groups in total. The molecule has 1 heterocycles. The number of hydrogen-bond donors (Lipinski definition) is 0. The molecule has 3 rings (SSSR count). The maximum absolute atomic E-state index is 6.31. The van der Waals surface area contributed by atoms with Crippen LogP contribution in [0.25, 0.3) is 16.7 Å². The van der Waals surface area contributed by atoms with Gasteiger partial charge in [-0.05, 0) is 49.4 Å². The van der Waals surface area contributed by atoms with Crippen LogP contribution >= 0.6 is 27.5 Å². The fourth-order valence-electron chi connectivity index (χ4n) is 2.34. The van der Waals surface area contributed by atoms with E-state index in [1.165, 1.54) is 0 Å². The number of methoxy groups -OCH3 is 1. The Balaban J connectivity index is 2.26. The van der Waals surface area contributed by atoms with Crippen molar-refractivity contribution in [3.63, 3.8) is 0 Å². The van der Waals surface area contributed by atoms with Crippen molar-refractivity contribution in [2.45, 2.75) is 12.3 Å². The molecule has 108 valence electrons. The predicted molar refractivity (Wildman–Crippen MR) is 89.6 cm³/mol. The lowest BCUT2D eigenvalue weighted by molar-refractivity contribution is 0.414. The van der Waals surface area contributed by atoms with E-state index in [4.69, 9.17) is 16.3 Å². The van der Waals surface area contributed by atoms with Crippen LogP contribution in [0.2, 0.25) is 0 Å². The van der Waals surface area contributed by atoms with Crippen molar-refractivity contribution in [1.29, 1.82) is 0 Å². The van der Waals surface area contributed by atoms with Crippen molar-refractivity contribution < 1.29 is 4.74 Å². The smallest absolute Gasteiger partial charge is 0.132 e. The van der Waals surface area contributed by atoms with E-state index in [9.17, 15) is 0 Å². The molecule has 21 heavy (non-hydrogen) atoms. The van der Waals surface area contributed by atoms with Gasteiger partial charge >= 0.3 is 0 Å². The number of ether oxygens (including phenoxy) is 1. The summed E-state index contributed by atoms with van der Waals surface area (Å²) in [7, 11) is 1.66. The summed E-state index contributed by atoms with van der Waals surface area (Å²) in [6.45, 7) is 1.93. The summed E-state index contributed by atoms with van der Waals surface area (Å²) in [6, 6.07) is 13.9. The first-order valence-electron chi connectivity index (χ1n) is 6.56. The molecule has 1 atom stereocenters. The second-order valence-corrected chi connectivity index (χ2v) is 6.32. The van der Waals surface area contributed by atoms with Gasteiger partial charge in [0.2, 0.25) is 0 Å². The summed E-state index contributed by atoms with van der Waals surface area (Å²) >= 11 is 9.82. The lowest BCUT2D eigenvalue weighted by Gasteiger charge is -2.11. The average Bonchev–Trinajstić information content (AvgIpc) is 2.86. The highest BCUT2D eigenvalue weighted by atomic mass is 79.9. The van der Waals surface area contributed by atoms with E-state index in [-0.39, 0.29) is 5.38 Å². The van der Waals surface area contributed by atoms with Crippen LogP contribution in [0.15, 0.2) is 46.9 Å². The topological polar surface area (TPSA) is 27.1 Å². The zero-order chi connectivity index (χ0) is 15.0. The summed E-state index contributed by atoms with van der Waals surface area (Å²) in [5, 5.41) is -0.182. The first kappa shape index (κ1) is 14.4. The quantitative estimate of drug-likeness (QED) is 0.604. The fourth-order valence-corrected chi connectivity index (χ4v) is 2.83. The number of alkyl halides is 1. The van der Waals surface area contributed by atoms with Gasteiger partial charge in [-0.2, -0.15) is 0 Å². The summed E-state index contributed by atoms with van der Waals surface area (Å²) in [5.74, 6) is 1.65. The molecule has 0 amide bonds. The third kappa shape index (κ3) is 2.65. The molecule has 0 aliphatic rings. The Bertz CT molecular complexity index is 781. The zero-order valence-electron chi connectivity index (χ0n) is 11.7. The molecule has 0 radical (unpaired) electrons. The Morgan fingerprint density at radius 3 is 2.52 bits per heavy atom. The highest BCUT2D eigenvalue weighted by molar-refractivity contribution is 9.10. The van der Waals surface area contributed by atoms with Gasteiger partial charge in [0.25, 0.3) is 0 Å². The first-order valence-corrected chi connectivity index (χ1v) is 7.79. The molecule has 5 heteroatoms. The Kier molecular flexibility index (Phi) is 3.91. The predicted octanol–water partition coefficient (Wildman–Crippen LogP) is 5.10. The van der Waals surface area contributed by atoms with Crippen LogP contribution in [-0.4, -0.2) is 16.7 Å². The summed E-state index contributed by atoms with van der Waals surface area (Å²) in [6.07, 6.45) is 0. The van der Waals surface area contributed by atoms with Gasteiger partial charge in [-0.1, -0.05) is 15.9 Å². The number of nitrogens with zero attached hydrogens (tertiary/aromatic N) is 2. The van der Waals surface area contributed by atoms with E-state index in [1.54, 1.807) is 7.11 Å². The van der Waals surface area contributed by atoms with Crippen LogP contribution in [-0.2, 0) is 0 Å². The van der Waals surface area contributed by atoms with Gasteiger partial charge in [0, 0.05) is 10.2 Å². The van der Waals surface area contributed by atoms with Crippen molar-refractivity contribution in [2.75, 3.05) is 7.11 Å². The molecule has 0 saturated heterocycles. The van der Waals surface area contributed by atoms with Crippen molar-refractivity contribution in [3.8, 4) is 11.4 Å². The SMILES string of the molecule is COc1ccc(-n2c(C(C)Cl)nc3ccc(Br)cc32)cc1. The van der Waals surface area contributed by atoms with Crippen molar-refractivity contribution in [2.24, 2.45) is 0 Å². The van der Waals surface area contributed by atoms with E-state index < -0.39 is 0 Å². The van der Waals surface area contributed by atoms with Gasteiger partial charge in [0.05, 0.1) is 23.5 Å². The molecular weight excluding hydrogens is 352 g/mol. The number of benzene rings is 2. The normalized spacial score (nSPS) is 12.6. The molecule has 0 bridgehead atoms. The highest BCUT2D eigenvalue weighted by Crippen LogP contribution is 2.30. The third-order valence-electron chi connectivity index (χ3n) is 3.33. The number of hydrogen-bond acceptors (Lipinski definition) is 2. The minimum Gasteiger partial charge on any atom is -0.497 e. The number of imidazole rings is 1. The lowest BCUT2D eigenvalue weighted by Crippen LogP contribution is -2.01. The molecule has 1 unspecified atom stereocenters. The lowest BCUT2D eigenvalue weighted by atomic mass is 10.2. The van der Waals surface area contributed by atoms with Crippen molar-refractivity contribution >= 4 is 38.6 Å². The maximum Gasteiger partial charge on any atom is 0.132 e. The van der Waals surface area contributed by atoms with E-state index in [2.05, 4.69) is 31.5 Å². The van der Waals surface area contributed by atoms with Gasteiger partial charge in [-0.25, -0.2) is 4.98 Å². The number of halogens is 2. The minimum absolute atomic E-state index is 0.182. The molecule has 0 fully saturated rings. The molecule has 3 nitrogen and oxygen atoms in total. The first-order chi connectivity index (χ1) is 10.1. The monoisotopic (exact) mass is 364 g/mol. The van der Waals surface area contributed by atoms with Crippen LogP contribution in [0.1, 0.15) is 18.1 Å². The Hall–Kier alpha value is -1.52. The molecular formula is C16H14BrClN2O. The van der Waals surface area contributed by atoms with Gasteiger partial charge in [-0.3, -0.25) is 4.57 Å². The molecule has 3 aromatic rings. The van der Waals surface area contributed by atoms with Gasteiger partial charge < -0.3 is 4.74 Å². The van der Waals surface area contributed by atoms with Crippen LogP contribution < -0.4 is 4.74 Å². The second kappa shape index (κ2) is 5.70. The molecule has 0 aliphatic carbocycles. The third-order valence-corrected chi connectivity index (χ3v) is 4.02. The van der Waals surface area contributed by atoms with E-state index in [1.807, 2.05) is 43.3 Å². The van der Waals surface area contributed by atoms with Crippen molar-refractivity contribution in [3.05, 3.63) is 52.8 Å². The summed E-state index contributed by atoms with van der Waals surface area (Å²) < 4.78 is 8.31. The summed E-state index contributed by atoms with van der Waals surface area (Å²) in [4.78, 5) is 4.65. The maximum atomic E-state index is 6.31. The highest BCUT2D eigenvalue weighted by Gasteiger charge is 2.16. The van der Waals surface area contributed by atoms with Crippen LogP contribution in [0.5, 0.6) is 5.75 Å². The van der Waals surface area contributed by atoms with E-state index in [0.717, 1.165) is 32.8 Å². The largest absolute Gasteiger partial charge is 0.497 e. The Morgan fingerprint density at radius 1 is 1.19 bits per heavy atom. The molecule has 0 aliphatic heterocycles. The van der Waals surface area contributed by atoms with Gasteiger partial charge in [-0.15, -0.1) is 11.6 Å². The standard InChI is InChI=1S/C16H14BrClN2O/c1-10(18)16-19-14-8-3-11(17)9-15(14)20(16)12-4-6-13(21-2)7-5-12/h3-10H,1-2H3. The number of rotatable bonds is 3. The van der Waals surface area contributed by atoms with Crippen LogP contribution in [0.4, 0.5) is 0 Å². The fraction of sp³-hybridized carbons (Fsp3) is 0.188. The molecule has 0 spiro atoms. The zero-order valence-corrected chi connectivity index (χ0v) is 14.0. The van der Waals surface area contributed by atoms with Gasteiger partial charge in [0.15, 0.2) is 0 Å². The number of fused-ring (bicyclic) bond motifs is 1. The minimum atomic E-state index is -0.182. The number of aromatic nitrogens is 2. The van der Waals surface area contributed by atoms with Crippen LogP contribution in [0, 0.1) is 0 Å². The Morgan fingerprint density at radius 2 is 1.90 bits per heavy atom. The van der Waals surface area contributed by atoms with Crippen LogP contribution in [0.3, 0.4) is 0 Å².